The molecule has 0 aliphatic rings. The molecule has 0 saturated carbocycles. The van der Waals surface area contributed by atoms with Gasteiger partial charge in [-0.3, -0.25) is 0 Å². The molecule has 3 nitrogen and oxygen atoms in total. The Labute approximate surface area is 140 Å². The van der Waals surface area contributed by atoms with Crippen molar-refractivity contribution in [1.29, 1.82) is 0 Å². The normalized spacial score (nSPS) is 11.4. The van der Waals surface area contributed by atoms with Crippen LogP contribution in [0.2, 0.25) is 0 Å². The van der Waals surface area contributed by atoms with Crippen LogP contribution >= 0.6 is 15.9 Å². The number of halogens is 1. The fraction of sp³-hybridized carbons (Fsp3) is 0.941. The smallest absolute Gasteiger partial charge is 0.450 e. The molecule has 0 aliphatic carbocycles. The molecule has 0 fully saturated rings. The number of unbranched alkanes of at least 4 members (excludes halogenated alkanes) is 8. The molecule has 1 unspecified atom stereocenters. The Kier molecular flexibility index (Phi) is 21.7. The van der Waals surface area contributed by atoms with Crippen molar-refractivity contribution in [3.8, 4) is 0 Å². The molecular weight excluding hydrogens is 332 g/mol. The van der Waals surface area contributed by atoms with Crippen LogP contribution in [-0.4, -0.2) is 22.7 Å². The van der Waals surface area contributed by atoms with Gasteiger partial charge in [-0.2, -0.15) is 0 Å². The summed E-state index contributed by atoms with van der Waals surface area (Å²) < 4.78 is 4.61. The number of alkyl halides is 1. The third-order valence-corrected chi connectivity index (χ3v) is 3.81. The lowest BCUT2D eigenvalue weighted by atomic mass is 10.1. The second-order valence-electron chi connectivity index (χ2n) is 5.50. The van der Waals surface area contributed by atoms with Crippen molar-refractivity contribution < 1.29 is 14.6 Å². The van der Waals surface area contributed by atoms with Gasteiger partial charge in [-0.15, -0.1) is 0 Å². The minimum Gasteiger partial charge on any atom is -0.450 e. The number of carbonyl (C=O) groups is 1. The van der Waals surface area contributed by atoms with Gasteiger partial charge in [0.05, 0.1) is 0 Å². The maximum atomic E-state index is 10.2. The Balaban J connectivity index is 0. The quantitative estimate of drug-likeness (QED) is 0.235. The first-order valence-electron chi connectivity index (χ1n) is 8.53. The monoisotopic (exact) mass is 366 g/mol. The lowest BCUT2D eigenvalue weighted by molar-refractivity contribution is 0.0548. The molecule has 21 heavy (non-hydrogen) atoms. The molecule has 0 rings (SSSR count). The maximum absolute atomic E-state index is 10.2. The summed E-state index contributed by atoms with van der Waals surface area (Å²) in [7, 11) is 0. The Hall–Kier alpha value is -0.250. The highest BCUT2D eigenvalue weighted by atomic mass is 79.9. The standard InChI is InChI=1S/C12H24O3.C5H11Br/c1-3-4-5-6-7-8-9-10-11(2)15-12(13)14;1-2-3-4-5-6/h11H,3-10H2,1-2H3,(H,13,14);2-5H2,1H3. The van der Waals surface area contributed by atoms with E-state index in [9.17, 15) is 4.79 Å². The molecule has 0 spiro atoms. The molecule has 0 heterocycles. The zero-order valence-electron chi connectivity index (χ0n) is 14.2. The van der Waals surface area contributed by atoms with Crippen molar-refractivity contribution in [1.82, 2.24) is 0 Å². The topological polar surface area (TPSA) is 46.5 Å². The summed E-state index contributed by atoms with van der Waals surface area (Å²) >= 11 is 3.35. The summed E-state index contributed by atoms with van der Waals surface area (Å²) in [4.78, 5) is 10.2. The van der Waals surface area contributed by atoms with Crippen LogP contribution in [0, 0.1) is 0 Å². The molecule has 0 bridgehead atoms. The van der Waals surface area contributed by atoms with E-state index in [-0.39, 0.29) is 6.10 Å². The van der Waals surface area contributed by atoms with E-state index in [1.165, 1.54) is 63.1 Å². The SMILES string of the molecule is CCCCCBr.CCCCCCCCCC(C)OC(=O)O. The molecular formula is C17H35BrO3. The molecule has 0 aromatic rings. The van der Waals surface area contributed by atoms with Crippen molar-refractivity contribution in [2.75, 3.05) is 5.33 Å². The molecule has 1 N–H and O–H groups in total. The van der Waals surface area contributed by atoms with Crippen molar-refractivity contribution in [2.45, 2.75) is 97.5 Å². The Morgan fingerprint density at radius 3 is 1.86 bits per heavy atom. The molecule has 0 aromatic carbocycles. The highest BCUT2D eigenvalue weighted by molar-refractivity contribution is 9.09. The predicted octanol–water partition coefficient (Wildman–Crippen LogP) is 6.78. The molecule has 0 aromatic heterocycles. The maximum Gasteiger partial charge on any atom is 0.506 e. The molecule has 1 atom stereocenters. The van der Waals surface area contributed by atoms with Crippen LogP contribution in [-0.2, 0) is 4.74 Å². The van der Waals surface area contributed by atoms with Gasteiger partial charge in [-0.25, -0.2) is 4.79 Å². The Bertz CT molecular complexity index is 206. The first-order valence-corrected chi connectivity index (χ1v) is 9.66. The van der Waals surface area contributed by atoms with Gasteiger partial charge in [0, 0.05) is 5.33 Å². The van der Waals surface area contributed by atoms with Gasteiger partial charge in [0.15, 0.2) is 0 Å². The summed E-state index contributed by atoms with van der Waals surface area (Å²) in [5.74, 6) is 0. The zero-order chi connectivity index (χ0) is 16.3. The first kappa shape index (κ1) is 23.0. The Morgan fingerprint density at radius 2 is 1.43 bits per heavy atom. The van der Waals surface area contributed by atoms with E-state index in [1.807, 2.05) is 6.92 Å². The fourth-order valence-corrected chi connectivity index (χ4v) is 2.36. The van der Waals surface area contributed by atoms with Gasteiger partial charge < -0.3 is 9.84 Å². The van der Waals surface area contributed by atoms with Crippen LogP contribution in [0.3, 0.4) is 0 Å². The minimum atomic E-state index is -1.16. The molecule has 128 valence electrons. The van der Waals surface area contributed by atoms with Crippen LogP contribution in [0.4, 0.5) is 4.79 Å². The van der Waals surface area contributed by atoms with Gasteiger partial charge in [0.25, 0.3) is 0 Å². The third kappa shape index (κ3) is 25.1. The van der Waals surface area contributed by atoms with Crippen molar-refractivity contribution in [2.24, 2.45) is 0 Å². The minimum absolute atomic E-state index is 0.154. The van der Waals surface area contributed by atoms with E-state index in [4.69, 9.17) is 5.11 Å². The number of hydrogen-bond donors (Lipinski definition) is 1. The summed E-state index contributed by atoms with van der Waals surface area (Å²) in [6.07, 6.45) is 12.3. The molecule has 0 amide bonds. The second-order valence-corrected chi connectivity index (χ2v) is 6.29. The van der Waals surface area contributed by atoms with Crippen molar-refractivity contribution in [3.63, 3.8) is 0 Å². The number of rotatable bonds is 12. The average Bonchev–Trinajstić information content (AvgIpc) is 2.44. The van der Waals surface area contributed by atoms with Gasteiger partial charge >= 0.3 is 6.16 Å². The van der Waals surface area contributed by atoms with Gasteiger partial charge in [-0.1, -0.05) is 81.1 Å². The average molecular weight is 367 g/mol. The van der Waals surface area contributed by atoms with E-state index in [0.29, 0.717) is 0 Å². The van der Waals surface area contributed by atoms with E-state index in [2.05, 4.69) is 34.5 Å². The van der Waals surface area contributed by atoms with E-state index in [0.717, 1.165) is 12.8 Å². The number of hydrogen-bond acceptors (Lipinski definition) is 2. The third-order valence-electron chi connectivity index (χ3n) is 3.25. The zero-order valence-corrected chi connectivity index (χ0v) is 15.8. The predicted molar refractivity (Wildman–Crippen MR) is 94.5 cm³/mol. The fourth-order valence-electron chi connectivity index (χ4n) is 1.96. The van der Waals surface area contributed by atoms with E-state index >= 15 is 0 Å². The largest absolute Gasteiger partial charge is 0.506 e. The summed E-state index contributed by atoms with van der Waals surface area (Å²) in [5, 5.41) is 9.53. The van der Waals surface area contributed by atoms with Crippen LogP contribution in [0.5, 0.6) is 0 Å². The lowest BCUT2D eigenvalue weighted by Gasteiger charge is -2.09. The molecule has 4 heteroatoms. The summed E-state index contributed by atoms with van der Waals surface area (Å²) in [5.41, 5.74) is 0. The van der Waals surface area contributed by atoms with Crippen LogP contribution in [0.25, 0.3) is 0 Å². The lowest BCUT2D eigenvalue weighted by Crippen LogP contribution is -2.12. The molecule has 0 radical (unpaired) electrons. The second kappa shape index (κ2) is 19.8. The molecule has 0 aliphatic heterocycles. The van der Waals surface area contributed by atoms with E-state index in [1.54, 1.807) is 0 Å². The molecule has 0 saturated heterocycles. The highest BCUT2D eigenvalue weighted by Gasteiger charge is 2.06. The van der Waals surface area contributed by atoms with E-state index < -0.39 is 6.16 Å². The number of carboxylic acid groups (broad SMARTS) is 1. The first-order chi connectivity index (χ1) is 10.1. The van der Waals surface area contributed by atoms with Gasteiger partial charge in [0.1, 0.15) is 6.10 Å². The summed E-state index contributed by atoms with van der Waals surface area (Å²) in [6.45, 7) is 6.23. The van der Waals surface area contributed by atoms with Crippen LogP contribution in [0.1, 0.15) is 91.4 Å². The van der Waals surface area contributed by atoms with Gasteiger partial charge in [0.2, 0.25) is 0 Å². The summed E-state index contributed by atoms with van der Waals surface area (Å²) in [6, 6.07) is 0. The van der Waals surface area contributed by atoms with Crippen LogP contribution in [0.15, 0.2) is 0 Å². The van der Waals surface area contributed by atoms with Crippen molar-refractivity contribution in [3.05, 3.63) is 0 Å². The van der Waals surface area contributed by atoms with Crippen molar-refractivity contribution >= 4 is 22.1 Å². The van der Waals surface area contributed by atoms with Gasteiger partial charge in [-0.05, 0) is 26.2 Å². The van der Waals surface area contributed by atoms with Crippen LogP contribution < -0.4 is 0 Å². The highest BCUT2D eigenvalue weighted by Crippen LogP contribution is 2.10. The Morgan fingerprint density at radius 1 is 0.952 bits per heavy atom. The number of ether oxygens (including phenoxy) is 1.